The van der Waals surface area contributed by atoms with Gasteiger partial charge in [0.05, 0.1) is 6.07 Å². The van der Waals surface area contributed by atoms with Crippen LogP contribution in [0.4, 0.5) is 0 Å². The van der Waals surface area contributed by atoms with Crippen LogP contribution >= 0.6 is 0 Å². The molecule has 1 nitrogen and oxygen atoms in total. The molecule has 21 heavy (non-hydrogen) atoms. The van der Waals surface area contributed by atoms with Crippen molar-refractivity contribution in [3.63, 3.8) is 0 Å². The highest BCUT2D eigenvalue weighted by atomic mass is 14.3. The lowest BCUT2D eigenvalue weighted by Crippen LogP contribution is -2.19. The van der Waals surface area contributed by atoms with Gasteiger partial charge in [-0.1, -0.05) is 55.4 Å². The second-order valence-electron chi connectivity index (χ2n) is 6.55. The largest absolute Gasteiger partial charge is 0.193 e. The van der Waals surface area contributed by atoms with Gasteiger partial charge in [0.1, 0.15) is 0 Å². The van der Waals surface area contributed by atoms with E-state index in [0.717, 1.165) is 5.57 Å². The fourth-order valence-electron chi connectivity index (χ4n) is 2.78. The molecular weight excluding hydrogens is 254 g/mol. The van der Waals surface area contributed by atoms with Gasteiger partial charge in [-0.25, -0.2) is 0 Å². The molecule has 0 fully saturated rings. The minimum atomic E-state index is 0.293. The van der Waals surface area contributed by atoms with Gasteiger partial charge in [0.15, 0.2) is 0 Å². The van der Waals surface area contributed by atoms with E-state index in [9.17, 15) is 0 Å². The SMILES string of the molecule is CC1=C(/C=C/C(C)=C/C=C/C(C)=C\C#N)C(C)(C)CCC1. The van der Waals surface area contributed by atoms with Gasteiger partial charge < -0.3 is 0 Å². The standard InChI is InChI=1S/C20H27N/c1-16(8-6-9-17(2)13-15-21)11-12-19-18(3)10-7-14-20(19,4)5/h6,8-9,11-13H,7,10,14H2,1-5H3/b9-6+,12-11+,16-8+,17-13-. The lowest BCUT2D eigenvalue weighted by atomic mass is 9.72. The van der Waals surface area contributed by atoms with Gasteiger partial charge in [0.2, 0.25) is 0 Å². The van der Waals surface area contributed by atoms with E-state index in [1.54, 1.807) is 6.08 Å². The molecule has 0 amide bonds. The van der Waals surface area contributed by atoms with E-state index in [0.29, 0.717) is 5.41 Å². The van der Waals surface area contributed by atoms with Gasteiger partial charge in [-0.15, -0.1) is 0 Å². The molecule has 0 saturated carbocycles. The molecule has 0 spiro atoms. The summed E-state index contributed by atoms with van der Waals surface area (Å²) < 4.78 is 0. The fourth-order valence-corrected chi connectivity index (χ4v) is 2.78. The molecule has 0 unspecified atom stereocenters. The lowest BCUT2D eigenvalue weighted by Gasteiger charge is -2.32. The molecule has 0 bridgehead atoms. The number of hydrogen-bond acceptors (Lipinski definition) is 1. The van der Waals surface area contributed by atoms with Crippen LogP contribution < -0.4 is 0 Å². The Kier molecular flexibility index (Phi) is 6.43. The average Bonchev–Trinajstić information content (AvgIpc) is 2.37. The summed E-state index contributed by atoms with van der Waals surface area (Å²) in [6, 6.07) is 2.03. The Hall–Kier alpha value is -1.81. The first-order valence-electron chi connectivity index (χ1n) is 7.66. The molecule has 0 atom stereocenters. The maximum atomic E-state index is 8.56. The first kappa shape index (κ1) is 17.2. The van der Waals surface area contributed by atoms with Gasteiger partial charge in [-0.2, -0.15) is 5.26 Å². The summed E-state index contributed by atoms with van der Waals surface area (Å²) in [6.45, 7) is 11.0. The second-order valence-corrected chi connectivity index (χ2v) is 6.55. The Morgan fingerprint density at radius 3 is 2.52 bits per heavy atom. The van der Waals surface area contributed by atoms with E-state index >= 15 is 0 Å². The van der Waals surface area contributed by atoms with Crippen LogP contribution in [0.1, 0.15) is 53.9 Å². The van der Waals surface area contributed by atoms with Crippen molar-refractivity contribution < 1.29 is 0 Å². The van der Waals surface area contributed by atoms with Crippen LogP contribution in [-0.4, -0.2) is 0 Å². The quantitative estimate of drug-likeness (QED) is 0.455. The normalized spacial score (nSPS) is 20.4. The van der Waals surface area contributed by atoms with Crippen LogP contribution in [0.2, 0.25) is 0 Å². The van der Waals surface area contributed by atoms with E-state index in [4.69, 9.17) is 5.26 Å². The van der Waals surface area contributed by atoms with Crippen LogP contribution in [0.5, 0.6) is 0 Å². The highest BCUT2D eigenvalue weighted by Crippen LogP contribution is 2.40. The summed E-state index contributed by atoms with van der Waals surface area (Å²) in [4.78, 5) is 0. The fraction of sp³-hybridized carbons (Fsp3) is 0.450. The van der Waals surface area contributed by atoms with Gasteiger partial charge in [0.25, 0.3) is 0 Å². The number of hydrogen-bond donors (Lipinski definition) is 0. The highest BCUT2D eigenvalue weighted by molar-refractivity contribution is 5.37. The van der Waals surface area contributed by atoms with Crippen LogP contribution in [0.25, 0.3) is 0 Å². The molecule has 0 aromatic heterocycles. The van der Waals surface area contributed by atoms with Crippen molar-refractivity contribution in [1.29, 1.82) is 5.26 Å². The molecule has 0 radical (unpaired) electrons. The summed E-state index contributed by atoms with van der Waals surface area (Å²) in [5.74, 6) is 0. The molecule has 112 valence electrons. The van der Waals surface area contributed by atoms with Crippen molar-refractivity contribution in [3.05, 3.63) is 58.7 Å². The van der Waals surface area contributed by atoms with Gasteiger partial charge in [-0.05, 0) is 56.6 Å². The summed E-state index contributed by atoms with van der Waals surface area (Å²) >= 11 is 0. The van der Waals surface area contributed by atoms with Crippen LogP contribution in [0, 0.1) is 16.7 Å². The van der Waals surface area contributed by atoms with E-state index < -0.39 is 0 Å². The minimum absolute atomic E-state index is 0.293. The zero-order valence-electron chi connectivity index (χ0n) is 14.0. The molecule has 1 rings (SSSR count). The summed E-state index contributed by atoms with van der Waals surface area (Å²) in [6.07, 6.45) is 15.9. The Bertz CT molecular complexity index is 557. The van der Waals surface area contributed by atoms with Crippen molar-refractivity contribution in [1.82, 2.24) is 0 Å². The summed E-state index contributed by atoms with van der Waals surface area (Å²) in [5, 5.41) is 8.56. The highest BCUT2D eigenvalue weighted by Gasteiger charge is 2.26. The minimum Gasteiger partial charge on any atom is -0.193 e. The maximum Gasteiger partial charge on any atom is 0.0914 e. The number of nitriles is 1. The van der Waals surface area contributed by atoms with Gasteiger partial charge in [-0.3, -0.25) is 0 Å². The molecule has 1 heteroatoms. The molecule has 0 N–H and O–H groups in total. The van der Waals surface area contributed by atoms with Gasteiger partial charge in [0, 0.05) is 6.08 Å². The Balaban J connectivity index is 2.80. The summed E-state index contributed by atoms with van der Waals surface area (Å²) in [5.41, 5.74) is 5.50. The zero-order valence-corrected chi connectivity index (χ0v) is 14.0. The zero-order chi connectivity index (χ0) is 15.9. The Morgan fingerprint density at radius 2 is 1.90 bits per heavy atom. The third-order valence-electron chi connectivity index (χ3n) is 4.07. The first-order valence-corrected chi connectivity index (χ1v) is 7.66. The number of nitrogens with zero attached hydrogens (tertiary/aromatic N) is 1. The van der Waals surface area contributed by atoms with Crippen molar-refractivity contribution in [2.24, 2.45) is 5.41 Å². The van der Waals surface area contributed by atoms with Crippen molar-refractivity contribution in [2.45, 2.75) is 53.9 Å². The van der Waals surface area contributed by atoms with Crippen LogP contribution in [0.15, 0.2) is 58.7 Å². The predicted molar refractivity (Wildman–Crippen MR) is 91.7 cm³/mol. The van der Waals surface area contributed by atoms with E-state index in [2.05, 4.69) is 45.9 Å². The lowest BCUT2D eigenvalue weighted by molar-refractivity contribution is 0.377. The smallest absolute Gasteiger partial charge is 0.0914 e. The predicted octanol–water partition coefficient (Wildman–Crippen LogP) is 6.04. The topological polar surface area (TPSA) is 23.8 Å². The molecule has 0 aliphatic heterocycles. The van der Waals surface area contributed by atoms with Crippen LogP contribution in [-0.2, 0) is 0 Å². The first-order chi connectivity index (χ1) is 9.86. The van der Waals surface area contributed by atoms with Crippen molar-refractivity contribution >= 4 is 0 Å². The van der Waals surface area contributed by atoms with Crippen molar-refractivity contribution in [2.75, 3.05) is 0 Å². The van der Waals surface area contributed by atoms with Crippen LogP contribution in [0.3, 0.4) is 0 Å². The monoisotopic (exact) mass is 281 g/mol. The maximum absolute atomic E-state index is 8.56. The van der Waals surface area contributed by atoms with Crippen molar-refractivity contribution in [3.8, 4) is 6.07 Å². The third-order valence-corrected chi connectivity index (χ3v) is 4.07. The molecule has 0 heterocycles. The molecule has 0 aromatic rings. The molecule has 0 aromatic carbocycles. The Morgan fingerprint density at radius 1 is 1.19 bits per heavy atom. The molecule has 1 aliphatic rings. The Labute approximate surface area is 130 Å². The molecule has 0 saturated heterocycles. The third kappa shape index (κ3) is 5.60. The number of rotatable bonds is 4. The molecular formula is C20H27N. The number of allylic oxidation sites excluding steroid dienone is 10. The van der Waals surface area contributed by atoms with E-state index in [-0.39, 0.29) is 0 Å². The summed E-state index contributed by atoms with van der Waals surface area (Å²) in [7, 11) is 0. The molecule has 1 aliphatic carbocycles. The van der Waals surface area contributed by atoms with E-state index in [1.807, 2.05) is 25.1 Å². The van der Waals surface area contributed by atoms with E-state index in [1.165, 1.54) is 36.0 Å². The average molecular weight is 281 g/mol. The second kappa shape index (κ2) is 7.84. The van der Waals surface area contributed by atoms with Gasteiger partial charge >= 0.3 is 0 Å².